The highest BCUT2D eigenvalue weighted by atomic mass is 16.5. The summed E-state index contributed by atoms with van der Waals surface area (Å²) in [5.41, 5.74) is 0.742. The molecule has 0 atom stereocenters. The van der Waals surface area contributed by atoms with E-state index in [0.29, 0.717) is 23.5 Å². The van der Waals surface area contributed by atoms with Gasteiger partial charge in [0.2, 0.25) is 0 Å². The van der Waals surface area contributed by atoms with Crippen molar-refractivity contribution in [2.45, 2.75) is 0 Å². The molecular formula is C13H17N2O3+. The third-order valence-corrected chi connectivity index (χ3v) is 2.74. The quantitative estimate of drug-likeness (QED) is 0.630. The molecule has 1 N–H and O–H groups in total. The van der Waals surface area contributed by atoms with Crippen LogP contribution in [0.1, 0.15) is 20.7 Å². The number of fused-ring (bicyclic) bond motifs is 1. The van der Waals surface area contributed by atoms with Gasteiger partial charge in [-0.3, -0.25) is 14.9 Å². The minimum atomic E-state index is -0.379. The second-order valence-electron chi connectivity index (χ2n) is 5.32. The third kappa shape index (κ3) is 2.51. The maximum atomic E-state index is 11.6. The van der Waals surface area contributed by atoms with Gasteiger partial charge in [0.25, 0.3) is 11.8 Å². The van der Waals surface area contributed by atoms with Crippen molar-refractivity contribution in [1.82, 2.24) is 5.32 Å². The van der Waals surface area contributed by atoms with Gasteiger partial charge in [0.05, 0.1) is 32.3 Å². The number of nitrogens with one attached hydrogen (secondary N) is 1. The fourth-order valence-corrected chi connectivity index (χ4v) is 1.74. The Balaban J connectivity index is 2.16. The van der Waals surface area contributed by atoms with E-state index in [-0.39, 0.29) is 11.8 Å². The van der Waals surface area contributed by atoms with E-state index in [9.17, 15) is 9.59 Å². The van der Waals surface area contributed by atoms with Gasteiger partial charge >= 0.3 is 0 Å². The first kappa shape index (κ1) is 12.6. The number of quaternary nitrogens is 1. The van der Waals surface area contributed by atoms with Gasteiger partial charge in [-0.15, -0.1) is 0 Å². The van der Waals surface area contributed by atoms with Crippen molar-refractivity contribution < 1.29 is 18.8 Å². The summed E-state index contributed by atoms with van der Waals surface area (Å²) < 4.78 is 6.39. The topological polar surface area (TPSA) is 55.4 Å². The van der Waals surface area contributed by atoms with Crippen LogP contribution in [0.2, 0.25) is 0 Å². The van der Waals surface area contributed by atoms with Crippen LogP contribution < -0.4 is 10.1 Å². The van der Waals surface area contributed by atoms with E-state index < -0.39 is 0 Å². The Morgan fingerprint density at radius 2 is 1.89 bits per heavy atom. The lowest BCUT2D eigenvalue weighted by Gasteiger charge is -2.23. The SMILES string of the molecule is C[N+](C)(C)CCOc1cccc2c1C(=O)NC2=O. The van der Waals surface area contributed by atoms with Gasteiger partial charge in [0.1, 0.15) is 18.9 Å². The molecule has 0 unspecified atom stereocenters. The van der Waals surface area contributed by atoms with Crippen LogP contribution in [0.5, 0.6) is 5.75 Å². The van der Waals surface area contributed by atoms with E-state index in [1.54, 1.807) is 18.2 Å². The molecule has 5 nitrogen and oxygen atoms in total. The van der Waals surface area contributed by atoms with Crippen LogP contribution in [0.4, 0.5) is 0 Å². The molecule has 0 aromatic heterocycles. The van der Waals surface area contributed by atoms with Crippen molar-refractivity contribution in [2.24, 2.45) is 0 Å². The number of imide groups is 1. The van der Waals surface area contributed by atoms with Crippen LogP contribution in [0, 0.1) is 0 Å². The van der Waals surface area contributed by atoms with Crippen molar-refractivity contribution >= 4 is 11.8 Å². The minimum Gasteiger partial charge on any atom is -0.487 e. The van der Waals surface area contributed by atoms with E-state index in [1.807, 2.05) is 0 Å². The van der Waals surface area contributed by atoms with Crippen molar-refractivity contribution in [3.8, 4) is 5.75 Å². The molecule has 1 aromatic carbocycles. The number of hydrogen-bond acceptors (Lipinski definition) is 3. The summed E-state index contributed by atoms with van der Waals surface area (Å²) in [6.45, 7) is 1.32. The zero-order valence-electron chi connectivity index (χ0n) is 10.8. The summed E-state index contributed by atoms with van der Waals surface area (Å²) >= 11 is 0. The number of hydrogen-bond donors (Lipinski definition) is 1. The molecule has 0 spiro atoms. The number of amides is 2. The Bertz CT molecular complexity index is 503. The predicted octanol–water partition coefficient (Wildman–Crippen LogP) is 0.655. The van der Waals surface area contributed by atoms with Crippen LogP contribution in [0.3, 0.4) is 0 Å². The van der Waals surface area contributed by atoms with Gasteiger partial charge in [-0.05, 0) is 12.1 Å². The highest BCUT2D eigenvalue weighted by molar-refractivity contribution is 6.22. The first-order valence-electron chi connectivity index (χ1n) is 5.80. The molecule has 18 heavy (non-hydrogen) atoms. The fraction of sp³-hybridized carbons (Fsp3) is 0.385. The molecule has 0 fully saturated rings. The van der Waals surface area contributed by atoms with Crippen LogP contribution in [0.15, 0.2) is 18.2 Å². The molecule has 1 aromatic rings. The zero-order valence-corrected chi connectivity index (χ0v) is 10.8. The molecular weight excluding hydrogens is 232 g/mol. The van der Waals surface area contributed by atoms with Gasteiger partial charge in [-0.25, -0.2) is 0 Å². The Kier molecular flexibility index (Phi) is 3.09. The number of nitrogens with zero attached hydrogens (tertiary/aromatic N) is 1. The number of carbonyl (C=O) groups excluding carboxylic acids is 2. The van der Waals surface area contributed by atoms with E-state index in [2.05, 4.69) is 26.5 Å². The molecule has 1 aliphatic rings. The van der Waals surface area contributed by atoms with Crippen LogP contribution in [-0.4, -0.2) is 50.6 Å². The Hall–Kier alpha value is -1.88. The highest BCUT2D eigenvalue weighted by Gasteiger charge is 2.30. The maximum Gasteiger partial charge on any atom is 0.262 e. The number of rotatable bonds is 4. The monoisotopic (exact) mass is 249 g/mol. The summed E-state index contributed by atoms with van der Waals surface area (Å²) in [5, 5.41) is 2.27. The third-order valence-electron chi connectivity index (χ3n) is 2.74. The smallest absolute Gasteiger partial charge is 0.262 e. The molecule has 5 heteroatoms. The summed E-state index contributed by atoms with van der Waals surface area (Å²) in [7, 11) is 6.19. The minimum absolute atomic E-state index is 0.351. The lowest BCUT2D eigenvalue weighted by molar-refractivity contribution is -0.870. The Morgan fingerprint density at radius 3 is 2.56 bits per heavy atom. The van der Waals surface area contributed by atoms with Gasteiger partial charge in [-0.1, -0.05) is 6.07 Å². The Morgan fingerprint density at radius 1 is 1.17 bits per heavy atom. The van der Waals surface area contributed by atoms with E-state index in [0.717, 1.165) is 11.0 Å². The molecule has 0 aliphatic carbocycles. The van der Waals surface area contributed by atoms with E-state index in [1.165, 1.54) is 0 Å². The number of benzene rings is 1. The predicted molar refractivity (Wildman–Crippen MR) is 66.6 cm³/mol. The highest BCUT2D eigenvalue weighted by Crippen LogP contribution is 2.26. The first-order valence-corrected chi connectivity index (χ1v) is 5.80. The lowest BCUT2D eigenvalue weighted by atomic mass is 10.1. The molecule has 96 valence electrons. The largest absolute Gasteiger partial charge is 0.487 e. The molecule has 0 bridgehead atoms. The summed E-state index contributed by atoms with van der Waals surface area (Å²) in [5.74, 6) is -0.257. The molecule has 0 radical (unpaired) electrons. The standard InChI is InChI=1S/C13H16N2O3/c1-15(2,3)7-8-18-10-6-4-5-9-11(10)13(17)14-12(9)16/h4-6H,7-8H2,1-3H3/p+1. The molecule has 0 saturated heterocycles. The second kappa shape index (κ2) is 4.42. The average molecular weight is 249 g/mol. The lowest BCUT2D eigenvalue weighted by Crippen LogP contribution is -2.38. The molecule has 2 amide bonds. The second-order valence-corrected chi connectivity index (χ2v) is 5.32. The van der Waals surface area contributed by atoms with Crippen LogP contribution >= 0.6 is 0 Å². The summed E-state index contributed by atoms with van der Waals surface area (Å²) in [4.78, 5) is 23.1. The van der Waals surface area contributed by atoms with E-state index >= 15 is 0 Å². The van der Waals surface area contributed by atoms with Gasteiger partial charge < -0.3 is 9.22 Å². The van der Waals surface area contributed by atoms with Crippen LogP contribution in [0.25, 0.3) is 0 Å². The van der Waals surface area contributed by atoms with Crippen molar-refractivity contribution in [3.63, 3.8) is 0 Å². The number of carbonyl (C=O) groups is 2. The molecule has 1 heterocycles. The van der Waals surface area contributed by atoms with Gasteiger partial charge in [0, 0.05) is 0 Å². The number of ether oxygens (including phenoxy) is 1. The van der Waals surface area contributed by atoms with Crippen LogP contribution in [-0.2, 0) is 0 Å². The zero-order chi connectivity index (χ0) is 13.3. The molecule has 1 aliphatic heterocycles. The van der Waals surface area contributed by atoms with Crippen molar-refractivity contribution in [3.05, 3.63) is 29.3 Å². The summed E-state index contributed by atoms with van der Waals surface area (Å²) in [6.07, 6.45) is 0. The van der Waals surface area contributed by atoms with E-state index in [4.69, 9.17) is 4.74 Å². The maximum absolute atomic E-state index is 11.6. The first-order chi connectivity index (χ1) is 8.38. The fourth-order valence-electron chi connectivity index (χ4n) is 1.74. The average Bonchev–Trinajstić information content (AvgIpc) is 2.54. The van der Waals surface area contributed by atoms with Crippen molar-refractivity contribution in [2.75, 3.05) is 34.3 Å². The Labute approximate surface area is 106 Å². The van der Waals surface area contributed by atoms with Gasteiger partial charge in [-0.2, -0.15) is 0 Å². The number of likely N-dealkylation sites (N-methyl/N-ethyl adjacent to an activating group) is 1. The summed E-state index contributed by atoms with van der Waals surface area (Å²) in [6, 6.07) is 5.06. The normalized spacial score (nSPS) is 14.4. The van der Waals surface area contributed by atoms with Gasteiger partial charge in [0.15, 0.2) is 0 Å². The van der Waals surface area contributed by atoms with Crippen molar-refractivity contribution in [1.29, 1.82) is 0 Å². The molecule has 0 saturated carbocycles. The molecule has 2 rings (SSSR count).